The second kappa shape index (κ2) is 6.40. The van der Waals surface area contributed by atoms with Crippen LogP contribution in [0.3, 0.4) is 0 Å². The van der Waals surface area contributed by atoms with Gasteiger partial charge in [0, 0.05) is 29.6 Å². The Morgan fingerprint density at radius 2 is 2.10 bits per heavy atom. The molecule has 1 fully saturated rings. The SMILES string of the molecule is CC(=O)CC1CCCCN1C(=O)c1cc(Cl)ccc1C. The lowest BCUT2D eigenvalue weighted by Crippen LogP contribution is -2.44. The van der Waals surface area contributed by atoms with Gasteiger partial charge in [-0.05, 0) is 50.8 Å². The first-order valence-corrected chi connectivity index (χ1v) is 7.43. The highest BCUT2D eigenvalue weighted by Crippen LogP contribution is 2.24. The van der Waals surface area contributed by atoms with Crippen LogP contribution in [0.15, 0.2) is 18.2 Å². The van der Waals surface area contributed by atoms with Gasteiger partial charge in [0.05, 0.1) is 0 Å². The molecule has 1 amide bonds. The summed E-state index contributed by atoms with van der Waals surface area (Å²) in [5.74, 6) is 0.133. The summed E-state index contributed by atoms with van der Waals surface area (Å²) in [6.07, 6.45) is 3.44. The fourth-order valence-electron chi connectivity index (χ4n) is 2.79. The topological polar surface area (TPSA) is 37.4 Å². The molecule has 1 atom stereocenters. The molecular formula is C16H20ClNO2. The number of amides is 1. The Hall–Kier alpha value is -1.35. The molecule has 3 nitrogen and oxygen atoms in total. The molecule has 0 aliphatic carbocycles. The van der Waals surface area contributed by atoms with Gasteiger partial charge in [-0.1, -0.05) is 17.7 Å². The van der Waals surface area contributed by atoms with Crippen LogP contribution in [0, 0.1) is 6.92 Å². The van der Waals surface area contributed by atoms with E-state index in [4.69, 9.17) is 11.6 Å². The Morgan fingerprint density at radius 1 is 1.35 bits per heavy atom. The van der Waals surface area contributed by atoms with Crippen LogP contribution in [0.1, 0.15) is 48.5 Å². The monoisotopic (exact) mass is 293 g/mol. The molecule has 1 unspecified atom stereocenters. The van der Waals surface area contributed by atoms with Crippen LogP contribution >= 0.6 is 11.6 Å². The molecule has 1 aliphatic heterocycles. The first-order chi connectivity index (χ1) is 9.49. The summed E-state index contributed by atoms with van der Waals surface area (Å²) in [6, 6.07) is 5.40. The summed E-state index contributed by atoms with van der Waals surface area (Å²) in [4.78, 5) is 26.0. The minimum absolute atomic E-state index is 0.00375. The molecule has 4 heteroatoms. The molecule has 1 aromatic carbocycles. The summed E-state index contributed by atoms with van der Waals surface area (Å²) in [5.41, 5.74) is 1.57. The summed E-state index contributed by atoms with van der Waals surface area (Å²) in [6.45, 7) is 4.22. The van der Waals surface area contributed by atoms with Gasteiger partial charge >= 0.3 is 0 Å². The van der Waals surface area contributed by atoms with Gasteiger partial charge in [0.15, 0.2) is 0 Å². The van der Waals surface area contributed by atoms with Crippen LogP contribution in [0.2, 0.25) is 5.02 Å². The Morgan fingerprint density at radius 3 is 2.80 bits per heavy atom. The maximum atomic E-state index is 12.7. The third kappa shape index (κ3) is 3.40. The lowest BCUT2D eigenvalue weighted by molar-refractivity contribution is -0.118. The van der Waals surface area contributed by atoms with Crippen LogP contribution < -0.4 is 0 Å². The standard InChI is InChI=1S/C16H20ClNO2/c1-11-6-7-13(17)10-15(11)16(20)18-8-4-3-5-14(18)9-12(2)19/h6-7,10,14H,3-5,8-9H2,1-2H3. The van der Waals surface area contributed by atoms with E-state index in [0.29, 0.717) is 17.0 Å². The van der Waals surface area contributed by atoms with E-state index < -0.39 is 0 Å². The zero-order valence-corrected chi connectivity index (χ0v) is 12.7. The Labute approximate surface area is 124 Å². The number of nitrogens with zero attached hydrogens (tertiary/aromatic N) is 1. The van der Waals surface area contributed by atoms with E-state index >= 15 is 0 Å². The van der Waals surface area contributed by atoms with E-state index in [-0.39, 0.29) is 17.7 Å². The number of carbonyl (C=O) groups excluding carboxylic acids is 2. The van der Waals surface area contributed by atoms with Crippen molar-refractivity contribution in [1.82, 2.24) is 4.90 Å². The number of Topliss-reactive ketones (excluding diaryl/α,β-unsaturated/α-hetero) is 1. The van der Waals surface area contributed by atoms with Gasteiger partial charge in [0.1, 0.15) is 5.78 Å². The first kappa shape index (κ1) is 15.0. The number of carbonyl (C=O) groups is 2. The largest absolute Gasteiger partial charge is 0.335 e. The van der Waals surface area contributed by atoms with Gasteiger partial charge in [-0.3, -0.25) is 9.59 Å². The van der Waals surface area contributed by atoms with Crippen LogP contribution in [0.5, 0.6) is 0 Å². The van der Waals surface area contributed by atoms with Crippen LogP contribution in [0.4, 0.5) is 0 Å². The fourth-order valence-corrected chi connectivity index (χ4v) is 2.96. The highest BCUT2D eigenvalue weighted by Gasteiger charge is 2.29. The number of benzene rings is 1. The molecule has 0 spiro atoms. The predicted molar refractivity (Wildman–Crippen MR) is 80.2 cm³/mol. The van der Waals surface area contributed by atoms with Gasteiger partial charge in [-0.15, -0.1) is 0 Å². The number of halogens is 1. The zero-order chi connectivity index (χ0) is 14.7. The van der Waals surface area contributed by atoms with E-state index in [1.165, 1.54) is 0 Å². The van der Waals surface area contributed by atoms with E-state index in [1.54, 1.807) is 19.1 Å². The summed E-state index contributed by atoms with van der Waals surface area (Å²) in [5, 5.41) is 0.569. The summed E-state index contributed by atoms with van der Waals surface area (Å²) >= 11 is 6.00. The van der Waals surface area contributed by atoms with E-state index in [0.717, 1.165) is 31.4 Å². The van der Waals surface area contributed by atoms with Gasteiger partial charge < -0.3 is 4.90 Å². The molecule has 108 valence electrons. The third-order valence-electron chi connectivity index (χ3n) is 3.84. The second-order valence-electron chi connectivity index (χ2n) is 5.51. The van der Waals surface area contributed by atoms with Gasteiger partial charge in [-0.2, -0.15) is 0 Å². The van der Waals surface area contributed by atoms with Crippen molar-refractivity contribution in [3.8, 4) is 0 Å². The number of rotatable bonds is 3. The lowest BCUT2D eigenvalue weighted by atomic mass is 9.96. The van der Waals surface area contributed by atoms with Crippen LogP contribution in [-0.2, 0) is 4.79 Å². The molecule has 0 saturated carbocycles. The van der Waals surface area contributed by atoms with Crippen molar-refractivity contribution in [2.75, 3.05) is 6.54 Å². The Balaban J connectivity index is 2.25. The van der Waals surface area contributed by atoms with Crippen molar-refractivity contribution in [1.29, 1.82) is 0 Å². The maximum Gasteiger partial charge on any atom is 0.254 e. The molecule has 0 N–H and O–H groups in total. The zero-order valence-electron chi connectivity index (χ0n) is 12.0. The third-order valence-corrected chi connectivity index (χ3v) is 4.08. The minimum atomic E-state index is -0.00375. The molecular weight excluding hydrogens is 274 g/mol. The first-order valence-electron chi connectivity index (χ1n) is 7.05. The number of piperidine rings is 1. The van der Waals surface area contributed by atoms with Gasteiger partial charge in [0.25, 0.3) is 5.91 Å². The van der Waals surface area contributed by atoms with E-state index in [9.17, 15) is 9.59 Å². The average molecular weight is 294 g/mol. The Bertz CT molecular complexity index is 527. The molecule has 0 radical (unpaired) electrons. The number of aryl methyl sites for hydroxylation is 1. The average Bonchev–Trinajstić information content (AvgIpc) is 2.41. The van der Waals surface area contributed by atoms with Crippen molar-refractivity contribution in [3.63, 3.8) is 0 Å². The van der Waals surface area contributed by atoms with Gasteiger partial charge in [-0.25, -0.2) is 0 Å². The molecule has 20 heavy (non-hydrogen) atoms. The molecule has 1 saturated heterocycles. The number of hydrogen-bond donors (Lipinski definition) is 0. The van der Waals surface area contributed by atoms with E-state index in [1.807, 2.05) is 17.9 Å². The summed E-state index contributed by atoms with van der Waals surface area (Å²) in [7, 11) is 0. The highest BCUT2D eigenvalue weighted by atomic mass is 35.5. The normalized spacial score (nSPS) is 18.9. The smallest absolute Gasteiger partial charge is 0.254 e. The molecule has 1 aromatic rings. The van der Waals surface area contributed by atoms with Gasteiger partial charge in [0.2, 0.25) is 0 Å². The number of ketones is 1. The van der Waals surface area contributed by atoms with Crippen molar-refractivity contribution >= 4 is 23.3 Å². The number of hydrogen-bond acceptors (Lipinski definition) is 2. The number of likely N-dealkylation sites (tertiary alicyclic amines) is 1. The quantitative estimate of drug-likeness (QED) is 0.853. The van der Waals surface area contributed by atoms with Crippen molar-refractivity contribution in [2.45, 2.75) is 45.6 Å². The van der Waals surface area contributed by atoms with Crippen molar-refractivity contribution in [2.24, 2.45) is 0 Å². The minimum Gasteiger partial charge on any atom is -0.335 e. The second-order valence-corrected chi connectivity index (χ2v) is 5.95. The Kier molecular flexibility index (Phi) is 4.81. The highest BCUT2D eigenvalue weighted by molar-refractivity contribution is 6.31. The van der Waals surface area contributed by atoms with E-state index in [2.05, 4.69) is 0 Å². The van der Waals surface area contributed by atoms with Crippen LogP contribution in [-0.4, -0.2) is 29.2 Å². The van der Waals surface area contributed by atoms with Crippen molar-refractivity contribution < 1.29 is 9.59 Å². The molecule has 1 heterocycles. The molecule has 1 aliphatic rings. The lowest BCUT2D eigenvalue weighted by Gasteiger charge is -2.35. The fraction of sp³-hybridized carbons (Fsp3) is 0.500. The summed E-state index contributed by atoms with van der Waals surface area (Å²) < 4.78 is 0. The molecule has 0 aromatic heterocycles. The predicted octanol–water partition coefficient (Wildman–Crippen LogP) is 3.62. The van der Waals surface area contributed by atoms with Crippen LogP contribution in [0.25, 0.3) is 0 Å². The molecule has 2 rings (SSSR count). The van der Waals surface area contributed by atoms with Crippen molar-refractivity contribution in [3.05, 3.63) is 34.3 Å². The molecule has 0 bridgehead atoms. The maximum absolute atomic E-state index is 12.7.